The van der Waals surface area contributed by atoms with E-state index in [0.29, 0.717) is 24.1 Å². The number of nitrogens with one attached hydrogen (secondary N) is 1. The normalized spacial score (nSPS) is 14.6. The molecule has 1 aliphatic heterocycles. The number of primary amides is 1. The molecule has 1 fully saturated rings. The van der Waals surface area contributed by atoms with Gasteiger partial charge in [0.25, 0.3) is 0 Å². The summed E-state index contributed by atoms with van der Waals surface area (Å²) < 4.78 is 26.9. The van der Waals surface area contributed by atoms with Crippen molar-refractivity contribution in [2.45, 2.75) is 11.3 Å². The van der Waals surface area contributed by atoms with Crippen LogP contribution >= 0.6 is 0 Å². The highest BCUT2D eigenvalue weighted by Crippen LogP contribution is 2.18. The largest absolute Gasteiger partial charge is 0.366 e. The van der Waals surface area contributed by atoms with Gasteiger partial charge >= 0.3 is 6.03 Å². The van der Waals surface area contributed by atoms with Gasteiger partial charge in [-0.1, -0.05) is 12.1 Å². The van der Waals surface area contributed by atoms with Crippen LogP contribution in [0.25, 0.3) is 0 Å². The number of nitriles is 1. The second-order valence-electron chi connectivity index (χ2n) is 7.07. The number of sulfonamides is 1. The van der Waals surface area contributed by atoms with Gasteiger partial charge in [-0.2, -0.15) is 9.57 Å². The van der Waals surface area contributed by atoms with Crippen molar-refractivity contribution < 1.29 is 18.0 Å². The molecule has 0 unspecified atom stereocenters. The quantitative estimate of drug-likeness (QED) is 0.687. The lowest BCUT2D eigenvalue weighted by molar-refractivity contribution is 0.1000. The molecule has 3 rings (SSSR count). The zero-order chi connectivity index (χ0) is 22.4. The van der Waals surface area contributed by atoms with Gasteiger partial charge in [0.05, 0.1) is 16.5 Å². The molecule has 0 aliphatic carbocycles. The summed E-state index contributed by atoms with van der Waals surface area (Å²) in [5, 5.41) is 11.7. The number of nitrogens with zero attached hydrogens (tertiary/aromatic N) is 3. The molecular weight excluding hydrogens is 418 g/mol. The molecule has 0 aromatic heterocycles. The van der Waals surface area contributed by atoms with E-state index in [9.17, 15) is 18.0 Å². The van der Waals surface area contributed by atoms with E-state index in [-0.39, 0.29) is 37.1 Å². The van der Waals surface area contributed by atoms with Gasteiger partial charge < -0.3 is 16.0 Å². The fraction of sp³-hybridized carbons (Fsp3) is 0.286. The van der Waals surface area contributed by atoms with E-state index in [2.05, 4.69) is 5.32 Å². The number of carbonyl (C=O) groups excluding carboxylic acids is 2. The highest BCUT2D eigenvalue weighted by molar-refractivity contribution is 7.89. The van der Waals surface area contributed by atoms with Gasteiger partial charge in [-0.3, -0.25) is 4.79 Å². The molecule has 0 atom stereocenters. The van der Waals surface area contributed by atoms with E-state index in [1.165, 1.54) is 28.6 Å². The Labute approximate surface area is 181 Å². The first-order valence-corrected chi connectivity index (χ1v) is 11.2. The molecule has 162 valence electrons. The molecule has 0 bridgehead atoms. The summed E-state index contributed by atoms with van der Waals surface area (Å²) in [5.74, 6) is -0.500. The number of hydrogen-bond acceptors (Lipinski definition) is 5. The van der Waals surface area contributed by atoms with Gasteiger partial charge in [-0.05, 0) is 48.4 Å². The maximum atomic E-state index is 12.8. The minimum Gasteiger partial charge on any atom is -0.366 e. The average molecular weight is 442 g/mol. The van der Waals surface area contributed by atoms with Gasteiger partial charge in [-0.25, -0.2) is 13.2 Å². The number of piperazine rings is 1. The van der Waals surface area contributed by atoms with Gasteiger partial charge in [0.15, 0.2) is 0 Å². The summed E-state index contributed by atoms with van der Waals surface area (Å²) in [7, 11) is -3.67. The van der Waals surface area contributed by atoms with E-state index in [1.807, 2.05) is 12.1 Å². The van der Waals surface area contributed by atoms with E-state index in [1.54, 1.807) is 23.1 Å². The molecule has 0 radical (unpaired) electrons. The summed E-state index contributed by atoms with van der Waals surface area (Å²) in [6.45, 7) is 1.31. The van der Waals surface area contributed by atoms with Crippen LogP contribution in [0, 0.1) is 11.3 Å². The predicted molar refractivity (Wildman–Crippen MR) is 114 cm³/mol. The smallest absolute Gasteiger partial charge is 0.317 e. The number of carbonyl (C=O) groups is 2. The lowest BCUT2D eigenvalue weighted by Crippen LogP contribution is -2.53. The number of amides is 3. The predicted octanol–water partition coefficient (Wildman–Crippen LogP) is 0.916. The maximum absolute atomic E-state index is 12.8. The number of hydrogen-bond donors (Lipinski definition) is 2. The maximum Gasteiger partial charge on any atom is 0.317 e. The lowest BCUT2D eigenvalue weighted by atomic mass is 10.1. The molecule has 0 saturated carbocycles. The Hall–Kier alpha value is -3.42. The van der Waals surface area contributed by atoms with Crippen LogP contribution in [0.5, 0.6) is 0 Å². The summed E-state index contributed by atoms with van der Waals surface area (Å²) in [5.41, 5.74) is 6.97. The zero-order valence-electron chi connectivity index (χ0n) is 16.8. The summed E-state index contributed by atoms with van der Waals surface area (Å²) >= 11 is 0. The fourth-order valence-corrected chi connectivity index (χ4v) is 4.71. The highest BCUT2D eigenvalue weighted by Gasteiger charge is 2.30. The molecular formula is C21H23N5O4S. The topological polar surface area (TPSA) is 137 Å². The zero-order valence-corrected chi connectivity index (χ0v) is 17.6. The number of urea groups is 1. The van der Waals surface area contributed by atoms with E-state index in [4.69, 9.17) is 11.0 Å². The van der Waals surface area contributed by atoms with Crippen LogP contribution in [-0.2, 0) is 16.4 Å². The van der Waals surface area contributed by atoms with Crippen LogP contribution in [-0.4, -0.2) is 62.3 Å². The Morgan fingerprint density at radius 2 is 1.74 bits per heavy atom. The first-order chi connectivity index (χ1) is 14.8. The highest BCUT2D eigenvalue weighted by atomic mass is 32.2. The Balaban J connectivity index is 1.49. The third-order valence-corrected chi connectivity index (χ3v) is 6.96. The monoisotopic (exact) mass is 441 g/mol. The Bertz CT molecular complexity index is 1100. The molecule has 1 saturated heterocycles. The van der Waals surface area contributed by atoms with Gasteiger partial charge in [0.2, 0.25) is 15.9 Å². The second-order valence-corrected chi connectivity index (χ2v) is 9.01. The third kappa shape index (κ3) is 5.39. The molecule has 10 heteroatoms. The van der Waals surface area contributed by atoms with Gasteiger partial charge in [0.1, 0.15) is 0 Å². The molecule has 2 aromatic carbocycles. The number of benzene rings is 2. The van der Waals surface area contributed by atoms with Crippen molar-refractivity contribution in [1.29, 1.82) is 5.26 Å². The van der Waals surface area contributed by atoms with Crippen molar-refractivity contribution in [3.05, 3.63) is 65.2 Å². The van der Waals surface area contributed by atoms with Crippen LogP contribution in [0.3, 0.4) is 0 Å². The number of rotatable bonds is 6. The van der Waals surface area contributed by atoms with Gasteiger partial charge in [0, 0.05) is 38.3 Å². The molecule has 1 aliphatic rings. The molecule has 1 heterocycles. The molecule has 3 N–H and O–H groups in total. The first-order valence-electron chi connectivity index (χ1n) is 9.73. The summed E-state index contributed by atoms with van der Waals surface area (Å²) in [4.78, 5) is 25.3. The van der Waals surface area contributed by atoms with Crippen LogP contribution in [0.2, 0.25) is 0 Å². The van der Waals surface area contributed by atoms with Crippen molar-refractivity contribution >= 4 is 22.0 Å². The van der Waals surface area contributed by atoms with Gasteiger partial charge in [-0.15, -0.1) is 0 Å². The minimum atomic E-state index is -3.67. The molecule has 0 spiro atoms. The van der Waals surface area contributed by atoms with Crippen LogP contribution in [0.1, 0.15) is 21.5 Å². The SMILES string of the molecule is N#Cc1ccc(S(=O)(=O)N2CCN(C(=O)NCCc3cccc(C(N)=O)c3)CC2)cc1. The second kappa shape index (κ2) is 9.59. The lowest BCUT2D eigenvalue weighted by Gasteiger charge is -2.34. The fourth-order valence-electron chi connectivity index (χ4n) is 3.29. The van der Waals surface area contributed by atoms with Crippen molar-refractivity contribution in [2.24, 2.45) is 5.73 Å². The Morgan fingerprint density at radius 1 is 1.06 bits per heavy atom. The molecule has 31 heavy (non-hydrogen) atoms. The average Bonchev–Trinajstić information content (AvgIpc) is 2.79. The molecule has 2 aromatic rings. The molecule has 9 nitrogen and oxygen atoms in total. The Kier molecular flexibility index (Phi) is 6.89. The number of nitrogens with two attached hydrogens (primary N) is 1. The molecule has 3 amide bonds. The first kappa shape index (κ1) is 22.3. The Morgan fingerprint density at radius 3 is 2.35 bits per heavy atom. The summed E-state index contributed by atoms with van der Waals surface area (Å²) in [6.07, 6.45) is 0.542. The van der Waals surface area contributed by atoms with Crippen LogP contribution in [0.15, 0.2) is 53.4 Å². The van der Waals surface area contributed by atoms with Crippen LogP contribution in [0.4, 0.5) is 4.79 Å². The van der Waals surface area contributed by atoms with Crippen molar-refractivity contribution in [3.63, 3.8) is 0 Å². The van der Waals surface area contributed by atoms with Crippen molar-refractivity contribution in [3.8, 4) is 6.07 Å². The standard InChI is InChI=1S/C21H23N5O4S/c22-15-17-4-6-19(7-5-17)31(29,30)26-12-10-25(11-13-26)21(28)24-9-8-16-2-1-3-18(14-16)20(23)27/h1-7,14H,8-13H2,(H2,23,27)(H,24,28). The van der Waals surface area contributed by atoms with Crippen molar-refractivity contribution in [2.75, 3.05) is 32.7 Å². The van der Waals surface area contributed by atoms with E-state index < -0.39 is 15.9 Å². The van der Waals surface area contributed by atoms with E-state index >= 15 is 0 Å². The van der Waals surface area contributed by atoms with E-state index in [0.717, 1.165) is 5.56 Å². The van der Waals surface area contributed by atoms with Crippen LogP contribution < -0.4 is 11.1 Å². The summed E-state index contributed by atoms with van der Waals surface area (Å²) in [6, 6.07) is 14.4. The minimum absolute atomic E-state index is 0.127. The third-order valence-electron chi connectivity index (χ3n) is 5.05. The van der Waals surface area contributed by atoms with Crippen molar-refractivity contribution in [1.82, 2.24) is 14.5 Å².